The largest absolute Gasteiger partial charge is 0.312 e. The van der Waals surface area contributed by atoms with Gasteiger partial charge >= 0.3 is 0 Å². The molecule has 0 aliphatic carbocycles. The molecule has 0 saturated carbocycles. The van der Waals surface area contributed by atoms with Crippen molar-refractivity contribution >= 4 is 22.9 Å². The summed E-state index contributed by atoms with van der Waals surface area (Å²) in [6, 6.07) is 5.40. The van der Waals surface area contributed by atoms with Crippen LogP contribution in [0.3, 0.4) is 0 Å². The standard InChI is InChI=1S/C14H23ClN2S/c1-10(2)13-9-17(11(3)6-7-16-13)8-12-4-5-14(15)18-12/h4-5,10-11,13,16H,6-9H2,1-3H3. The molecule has 1 aromatic rings. The van der Waals surface area contributed by atoms with E-state index >= 15 is 0 Å². The lowest BCUT2D eigenvalue weighted by Gasteiger charge is -2.30. The van der Waals surface area contributed by atoms with Crippen molar-refractivity contribution in [2.24, 2.45) is 5.92 Å². The second-order valence-electron chi connectivity index (χ2n) is 5.58. The number of rotatable bonds is 3. The Hall–Kier alpha value is -0.0900. The quantitative estimate of drug-likeness (QED) is 0.913. The molecule has 2 atom stereocenters. The van der Waals surface area contributed by atoms with Crippen LogP contribution in [0.1, 0.15) is 32.1 Å². The highest BCUT2D eigenvalue weighted by Crippen LogP contribution is 2.24. The summed E-state index contributed by atoms with van der Waals surface area (Å²) >= 11 is 7.72. The van der Waals surface area contributed by atoms with Gasteiger partial charge in [-0.15, -0.1) is 11.3 Å². The zero-order valence-corrected chi connectivity index (χ0v) is 13.0. The van der Waals surface area contributed by atoms with Crippen LogP contribution in [0, 0.1) is 5.92 Å². The topological polar surface area (TPSA) is 15.3 Å². The SMILES string of the molecule is CC(C)C1CN(Cc2ccc(Cl)s2)C(C)CCN1. The van der Waals surface area contributed by atoms with Crippen molar-refractivity contribution in [1.29, 1.82) is 0 Å². The first kappa shape index (κ1) is 14.3. The monoisotopic (exact) mass is 286 g/mol. The van der Waals surface area contributed by atoms with Crippen molar-refractivity contribution in [3.63, 3.8) is 0 Å². The minimum absolute atomic E-state index is 0.602. The average Bonchev–Trinajstić information content (AvgIpc) is 2.62. The molecule has 1 saturated heterocycles. The lowest BCUT2D eigenvalue weighted by atomic mass is 10.0. The highest BCUT2D eigenvalue weighted by atomic mass is 35.5. The van der Waals surface area contributed by atoms with E-state index in [2.05, 4.69) is 37.1 Å². The van der Waals surface area contributed by atoms with Crippen LogP contribution in [-0.2, 0) is 6.54 Å². The van der Waals surface area contributed by atoms with Crippen LogP contribution in [0.25, 0.3) is 0 Å². The molecule has 1 fully saturated rings. The fourth-order valence-corrected chi connectivity index (χ4v) is 3.57. The minimum Gasteiger partial charge on any atom is -0.312 e. The third-order valence-electron chi connectivity index (χ3n) is 3.82. The highest BCUT2D eigenvalue weighted by Gasteiger charge is 2.24. The molecule has 1 aromatic heterocycles. The Labute approximate surface area is 119 Å². The van der Waals surface area contributed by atoms with Crippen LogP contribution in [0.5, 0.6) is 0 Å². The minimum atomic E-state index is 0.602. The smallest absolute Gasteiger partial charge is 0.0931 e. The van der Waals surface area contributed by atoms with Crippen molar-refractivity contribution in [1.82, 2.24) is 10.2 Å². The van der Waals surface area contributed by atoms with Gasteiger partial charge in [-0.25, -0.2) is 0 Å². The maximum absolute atomic E-state index is 6.01. The predicted octanol–water partition coefficient (Wildman–Crippen LogP) is 3.61. The number of hydrogen-bond acceptors (Lipinski definition) is 3. The normalized spacial score (nSPS) is 26.5. The number of thiophene rings is 1. The van der Waals surface area contributed by atoms with Gasteiger partial charge in [0.1, 0.15) is 0 Å². The first-order chi connectivity index (χ1) is 8.56. The Kier molecular flexibility index (Phi) is 5.07. The van der Waals surface area contributed by atoms with E-state index < -0.39 is 0 Å². The van der Waals surface area contributed by atoms with Gasteiger partial charge in [0.2, 0.25) is 0 Å². The first-order valence-electron chi connectivity index (χ1n) is 6.78. The second kappa shape index (κ2) is 6.38. The summed E-state index contributed by atoms with van der Waals surface area (Å²) in [4.78, 5) is 3.96. The van der Waals surface area contributed by atoms with Gasteiger partial charge in [0.25, 0.3) is 0 Å². The van der Waals surface area contributed by atoms with Gasteiger partial charge in [0.05, 0.1) is 4.34 Å². The van der Waals surface area contributed by atoms with Crippen LogP contribution >= 0.6 is 22.9 Å². The van der Waals surface area contributed by atoms with E-state index in [4.69, 9.17) is 11.6 Å². The zero-order chi connectivity index (χ0) is 13.1. The lowest BCUT2D eigenvalue weighted by Crippen LogP contribution is -2.42. The summed E-state index contributed by atoms with van der Waals surface area (Å²) in [6.45, 7) is 10.2. The average molecular weight is 287 g/mol. The maximum Gasteiger partial charge on any atom is 0.0931 e. The van der Waals surface area contributed by atoms with Gasteiger partial charge in [-0.2, -0.15) is 0 Å². The fourth-order valence-electron chi connectivity index (χ4n) is 2.46. The van der Waals surface area contributed by atoms with Gasteiger partial charge in [-0.1, -0.05) is 25.4 Å². The van der Waals surface area contributed by atoms with Crippen LogP contribution < -0.4 is 5.32 Å². The summed E-state index contributed by atoms with van der Waals surface area (Å²) < 4.78 is 0.894. The second-order valence-corrected chi connectivity index (χ2v) is 7.38. The number of halogens is 1. The van der Waals surface area contributed by atoms with E-state index in [1.54, 1.807) is 11.3 Å². The third kappa shape index (κ3) is 3.70. The molecule has 4 heteroatoms. The van der Waals surface area contributed by atoms with Crippen LogP contribution in [0.2, 0.25) is 4.34 Å². The Balaban J connectivity index is 2.03. The van der Waals surface area contributed by atoms with E-state index in [1.165, 1.54) is 11.3 Å². The Bertz CT molecular complexity index is 378. The number of hydrogen-bond donors (Lipinski definition) is 1. The Morgan fingerprint density at radius 2 is 2.28 bits per heavy atom. The molecule has 2 rings (SSSR count). The van der Waals surface area contributed by atoms with Crippen molar-refractivity contribution in [2.45, 2.75) is 45.8 Å². The highest BCUT2D eigenvalue weighted by molar-refractivity contribution is 7.16. The molecule has 1 aliphatic rings. The first-order valence-corrected chi connectivity index (χ1v) is 7.97. The molecule has 0 spiro atoms. The summed E-state index contributed by atoms with van der Waals surface area (Å²) in [6.07, 6.45) is 1.22. The molecule has 1 aliphatic heterocycles. The molecule has 18 heavy (non-hydrogen) atoms. The summed E-state index contributed by atoms with van der Waals surface area (Å²) in [5.41, 5.74) is 0. The molecule has 0 radical (unpaired) electrons. The van der Waals surface area contributed by atoms with Crippen molar-refractivity contribution < 1.29 is 0 Å². The van der Waals surface area contributed by atoms with Gasteiger partial charge < -0.3 is 5.32 Å². The molecule has 0 aromatic carbocycles. The van der Waals surface area contributed by atoms with E-state index in [-0.39, 0.29) is 0 Å². The van der Waals surface area contributed by atoms with Crippen molar-refractivity contribution in [3.05, 3.63) is 21.3 Å². The summed E-state index contributed by atoms with van der Waals surface area (Å²) in [7, 11) is 0. The van der Waals surface area contributed by atoms with E-state index in [0.717, 1.165) is 24.0 Å². The molecule has 2 heterocycles. The molecule has 102 valence electrons. The number of nitrogens with zero attached hydrogens (tertiary/aromatic N) is 1. The van der Waals surface area contributed by atoms with Gasteiger partial charge in [0, 0.05) is 30.1 Å². The van der Waals surface area contributed by atoms with Crippen LogP contribution in [-0.4, -0.2) is 30.1 Å². The van der Waals surface area contributed by atoms with E-state index in [9.17, 15) is 0 Å². The summed E-state index contributed by atoms with van der Waals surface area (Å²) in [5.74, 6) is 0.685. The predicted molar refractivity (Wildman–Crippen MR) is 80.4 cm³/mol. The fraction of sp³-hybridized carbons (Fsp3) is 0.714. The van der Waals surface area contributed by atoms with Crippen LogP contribution in [0.15, 0.2) is 12.1 Å². The molecule has 2 nitrogen and oxygen atoms in total. The molecule has 0 amide bonds. The third-order valence-corrected chi connectivity index (χ3v) is 5.03. The maximum atomic E-state index is 6.01. The number of nitrogens with one attached hydrogen (secondary N) is 1. The molecular formula is C14H23ClN2S. The Morgan fingerprint density at radius 3 is 2.89 bits per heavy atom. The molecule has 2 unspecified atom stereocenters. The van der Waals surface area contributed by atoms with Gasteiger partial charge in [-0.05, 0) is 37.9 Å². The Morgan fingerprint density at radius 1 is 1.50 bits per heavy atom. The van der Waals surface area contributed by atoms with Crippen molar-refractivity contribution in [2.75, 3.05) is 13.1 Å². The lowest BCUT2D eigenvalue weighted by molar-refractivity contribution is 0.185. The van der Waals surface area contributed by atoms with Crippen LogP contribution in [0.4, 0.5) is 0 Å². The molecule has 0 bridgehead atoms. The van der Waals surface area contributed by atoms with E-state index in [1.807, 2.05) is 6.07 Å². The molecular weight excluding hydrogens is 264 g/mol. The van der Waals surface area contributed by atoms with Crippen molar-refractivity contribution in [3.8, 4) is 0 Å². The van der Waals surface area contributed by atoms with E-state index in [0.29, 0.717) is 18.0 Å². The molecule has 1 N–H and O–H groups in total. The summed E-state index contributed by atoms with van der Waals surface area (Å²) in [5, 5.41) is 3.67. The zero-order valence-electron chi connectivity index (χ0n) is 11.4. The van der Waals surface area contributed by atoms with Gasteiger partial charge in [-0.3, -0.25) is 4.90 Å². The van der Waals surface area contributed by atoms with Gasteiger partial charge in [0.15, 0.2) is 0 Å².